The Morgan fingerprint density at radius 1 is 0.639 bits per heavy atom. The molecule has 0 aromatic heterocycles. The largest absolute Gasteiger partial charge is 0.484 e. The standard InChI is InChI=1S/C32H27NO3/c34-30-21-29(33-22-31(30)35-23-25-13-5-1-6-14-25)24-36-32(26-15-7-2-8-16-26,27-17-9-3-10-18-27)28-19-11-4-12-20-28/h1-20,22H,21,23-24H2. The minimum absolute atomic E-state index is 0.0933. The zero-order chi connectivity index (χ0) is 24.6. The number of carbonyl (C=O) groups excluding carboxylic acids is 1. The molecule has 4 aromatic carbocycles. The summed E-state index contributed by atoms with van der Waals surface area (Å²) in [4.78, 5) is 17.4. The van der Waals surface area contributed by atoms with E-state index in [0.717, 1.165) is 22.3 Å². The molecule has 0 spiro atoms. The van der Waals surface area contributed by atoms with Gasteiger partial charge in [0, 0.05) is 0 Å². The minimum atomic E-state index is -0.858. The Bertz CT molecular complexity index is 1250. The van der Waals surface area contributed by atoms with E-state index in [0.29, 0.717) is 12.3 Å². The van der Waals surface area contributed by atoms with Gasteiger partial charge in [0.15, 0.2) is 5.76 Å². The van der Waals surface area contributed by atoms with E-state index in [9.17, 15) is 4.79 Å². The number of Topliss-reactive ketones (excluding diaryl/α,β-unsaturated/α-hetero) is 1. The highest BCUT2D eigenvalue weighted by Gasteiger charge is 2.38. The van der Waals surface area contributed by atoms with Crippen LogP contribution < -0.4 is 0 Å². The number of benzene rings is 4. The van der Waals surface area contributed by atoms with Gasteiger partial charge in [-0.3, -0.25) is 9.79 Å². The summed E-state index contributed by atoms with van der Waals surface area (Å²) in [5, 5.41) is 0. The number of ketones is 1. The molecule has 0 aliphatic carbocycles. The van der Waals surface area contributed by atoms with Crippen molar-refractivity contribution in [1.29, 1.82) is 0 Å². The highest BCUT2D eigenvalue weighted by molar-refractivity contribution is 6.11. The summed E-state index contributed by atoms with van der Waals surface area (Å²) in [7, 11) is 0. The van der Waals surface area contributed by atoms with Crippen LogP contribution in [0.3, 0.4) is 0 Å². The van der Waals surface area contributed by atoms with Gasteiger partial charge in [0.1, 0.15) is 12.2 Å². The lowest BCUT2D eigenvalue weighted by molar-refractivity contribution is -0.118. The van der Waals surface area contributed by atoms with Gasteiger partial charge in [0.05, 0.1) is 24.9 Å². The summed E-state index contributed by atoms with van der Waals surface area (Å²) >= 11 is 0. The average Bonchev–Trinajstić information content (AvgIpc) is 2.95. The van der Waals surface area contributed by atoms with Gasteiger partial charge in [-0.05, 0) is 22.3 Å². The molecule has 0 amide bonds. The molecule has 4 aromatic rings. The summed E-state index contributed by atoms with van der Waals surface area (Å²) in [6, 6.07) is 40.3. The molecule has 4 nitrogen and oxygen atoms in total. The van der Waals surface area contributed by atoms with Gasteiger partial charge in [-0.2, -0.15) is 0 Å². The van der Waals surface area contributed by atoms with Crippen molar-refractivity contribution in [2.24, 2.45) is 4.99 Å². The van der Waals surface area contributed by atoms with Crippen LogP contribution in [0.1, 0.15) is 28.7 Å². The predicted molar refractivity (Wildman–Crippen MR) is 142 cm³/mol. The van der Waals surface area contributed by atoms with Crippen LogP contribution in [0.25, 0.3) is 0 Å². The van der Waals surface area contributed by atoms with Crippen molar-refractivity contribution in [1.82, 2.24) is 0 Å². The second kappa shape index (κ2) is 11.0. The van der Waals surface area contributed by atoms with Gasteiger partial charge in [0.2, 0.25) is 5.78 Å². The third kappa shape index (κ3) is 5.04. The number of ether oxygens (including phenoxy) is 2. The van der Waals surface area contributed by atoms with Gasteiger partial charge in [-0.25, -0.2) is 0 Å². The molecule has 1 aliphatic heterocycles. The Hall–Kier alpha value is -4.28. The quantitative estimate of drug-likeness (QED) is 0.262. The predicted octanol–water partition coefficient (Wildman–Crippen LogP) is 6.47. The van der Waals surface area contributed by atoms with Gasteiger partial charge in [-0.1, -0.05) is 121 Å². The molecular weight excluding hydrogens is 446 g/mol. The van der Waals surface area contributed by atoms with E-state index < -0.39 is 5.60 Å². The molecular formula is C32H27NO3. The zero-order valence-electron chi connectivity index (χ0n) is 19.9. The maximum atomic E-state index is 12.8. The average molecular weight is 474 g/mol. The minimum Gasteiger partial charge on any atom is -0.484 e. The zero-order valence-corrected chi connectivity index (χ0v) is 19.9. The van der Waals surface area contributed by atoms with Crippen LogP contribution in [0.2, 0.25) is 0 Å². The van der Waals surface area contributed by atoms with Crippen LogP contribution in [-0.4, -0.2) is 18.1 Å². The Labute approximate surface area is 211 Å². The van der Waals surface area contributed by atoms with Crippen LogP contribution in [0, 0.1) is 0 Å². The molecule has 0 radical (unpaired) electrons. The van der Waals surface area contributed by atoms with Crippen LogP contribution in [0.5, 0.6) is 0 Å². The molecule has 4 heteroatoms. The third-order valence-corrected chi connectivity index (χ3v) is 6.24. The number of nitrogens with zero attached hydrogens (tertiary/aromatic N) is 1. The summed E-state index contributed by atoms with van der Waals surface area (Å²) in [6.07, 6.45) is 1.68. The molecule has 0 bridgehead atoms. The highest BCUT2D eigenvalue weighted by Crippen LogP contribution is 2.40. The molecule has 1 aliphatic rings. The molecule has 36 heavy (non-hydrogen) atoms. The van der Waals surface area contributed by atoms with E-state index in [2.05, 4.69) is 41.4 Å². The second-order valence-electron chi connectivity index (χ2n) is 8.63. The van der Waals surface area contributed by atoms with Gasteiger partial charge in [0.25, 0.3) is 0 Å². The number of hydrogen-bond acceptors (Lipinski definition) is 4. The van der Waals surface area contributed by atoms with Crippen molar-refractivity contribution in [2.75, 3.05) is 6.61 Å². The fraction of sp³-hybridized carbons (Fsp3) is 0.125. The molecule has 0 N–H and O–H groups in total. The Kier molecular flexibility index (Phi) is 7.15. The van der Waals surface area contributed by atoms with Crippen LogP contribution >= 0.6 is 0 Å². The van der Waals surface area contributed by atoms with Crippen molar-refractivity contribution < 1.29 is 14.3 Å². The summed E-state index contributed by atoms with van der Waals surface area (Å²) < 4.78 is 12.5. The third-order valence-electron chi connectivity index (χ3n) is 6.24. The molecule has 0 fully saturated rings. The summed E-state index contributed by atoms with van der Waals surface area (Å²) in [6.45, 7) is 0.534. The van der Waals surface area contributed by atoms with Gasteiger partial charge >= 0.3 is 0 Å². The Morgan fingerprint density at radius 2 is 1.11 bits per heavy atom. The number of rotatable bonds is 9. The lowest BCUT2D eigenvalue weighted by atomic mass is 9.80. The van der Waals surface area contributed by atoms with E-state index in [1.807, 2.05) is 84.9 Å². The topological polar surface area (TPSA) is 47.9 Å². The molecule has 0 saturated carbocycles. The first-order valence-corrected chi connectivity index (χ1v) is 12.0. The molecule has 0 unspecified atom stereocenters. The Balaban J connectivity index is 1.44. The molecule has 0 saturated heterocycles. The molecule has 5 rings (SSSR count). The van der Waals surface area contributed by atoms with Crippen molar-refractivity contribution in [3.63, 3.8) is 0 Å². The second-order valence-corrected chi connectivity index (χ2v) is 8.63. The van der Waals surface area contributed by atoms with Gasteiger partial charge in [-0.15, -0.1) is 0 Å². The molecule has 178 valence electrons. The maximum Gasteiger partial charge on any atom is 0.204 e. The van der Waals surface area contributed by atoms with Crippen molar-refractivity contribution in [3.05, 3.63) is 156 Å². The fourth-order valence-corrected chi connectivity index (χ4v) is 4.44. The normalized spacial score (nSPS) is 13.6. The molecule has 0 atom stereocenters. The first-order chi connectivity index (χ1) is 17.8. The monoisotopic (exact) mass is 473 g/mol. The number of hydrogen-bond donors (Lipinski definition) is 0. The van der Waals surface area contributed by atoms with Crippen LogP contribution in [-0.2, 0) is 26.5 Å². The SMILES string of the molecule is O=C1CC(COC(c2ccccc2)(c2ccccc2)c2ccccc2)=NC=C1OCc1ccccc1. The van der Waals surface area contributed by atoms with Crippen LogP contribution in [0.4, 0.5) is 0 Å². The van der Waals surface area contributed by atoms with E-state index in [1.165, 1.54) is 6.20 Å². The maximum absolute atomic E-state index is 12.8. The van der Waals surface area contributed by atoms with E-state index in [4.69, 9.17) is 9.47 Å². The van der Waals surface area contributed by atoms with Crippen molar-refractivity contribution in [3.8, 4) is 0 Å². The lowest BCUT2D eigenvalue weighted by Gasteiger charge is -2.36. The summed E-state index contributed by atoms with van der Waals surface area (Å²) in [5.74, 6) is 0.187. The van der Waals surface area contributed by atoms with Crippen molar-refractivity contribution in [2.45, 2.75) is 18.6 Å². The molecule has 1 heterocycles. The summed E-state index contributed by atoms with van der Waals surface area (Å²) in [5.41, 5.74) is 3.83. The highest BCUT2D eigenvalue weighted by atomic mass is 16.5. The number of carbonyl (C=O) groups is 1. The number of aliphatic imine (C=N–C) groups is 1. The first kappa shape index (κ1) is 23.5. The first-order valence-electron chi connectivity index (χ1n) is 12.0. The van der Waals surface area contributed by atoms with E-state index >= 15 is 0 Å². The van der Waals surface area contributed by atoms with Gasteiger partial charge < -0.3 is 9.47 Å². The fourth-order valence-electron chi connectivity index (χ4n) is 4.44. The Morgan fingerprint density at radius 3 is 1.58 bits per heavy atom. The smallest absolute Gasteiger partial charge is 0.204 e. The van der Waals surface area contributed by atoms with Crippen molar-refractivity contribution >= 4 is 11.5 Å². The van der Waals surface area contributed by atoms with Crippen LogP contribution in [0.15, 0.2) is 138 Å². The van der Waals surface area contributed by atoms with E-state index in [-0.39, 0.29) is 24.6 Å². The van der Waals surface area contributed by atoms with E-state index in [1.54, 1.807) is 0 Å². The number of allylic oxidation sites excluding steroid dienone is 1. The lowest BCUT2D eigenvalue weighted by Crippen LogP contribution is -2.35.